The van der Waals surface area contributed by atoms with E-state index in [1.54, 1.807) is 0 Å². The molecule has 5 heteroatoms. The molecule has 23 heavy (non-hydrogen) atoms. The van der Waals surface area contributed by atoms with Gasteiger partial charge in [0, 0.05) is 6.54 Å². The number of carbonyl (C=O) groups is 1. The molecule has 1 aliphatic carbocycles. The van der Waals surface area contributed by atoms with E-state index in [4.69, 9.17) is 4.74 Å². The van der Waals surface area contributed by atoms with Gasteiger partial charge in [0.15, 0.2) is 0 Å². The molecule has 1 saturated carbocycles. The molecule has 128 valence electrons. The summed E-state index contributed by atoms with van der Waals surface area (Å²) in [5.41, 5.74) is 0.246. The van der Waals surface area contributed by atoms with Crippen LogP contribution in [0.3, 0.4) is 0 Å². The highest BCUT2D eigenvalue weighted by Crippen LogP contribution is 2.27. The van der Waals surface area contributed by atoms with E-state index in [1.807, 2.05) is 38.1 Å². The largest absolute Gasteiger partial charge is 0.494 e. The Kier molecular flexibility index (Phi) is 6.28. The maximum Gasteiger partial charge on any atom is 0.315 e. The normalized spacial score (nSPS) is 18.0. The molecule has 1 aliphatic rings. The van der Waals surface area contributed by atoms with E-state index in [0.717, 1.165) is 37.0 Å². The van der Waals surface area contributed by atoms with Crippen molar-refractivity contribution in [2.45, 2.75) is 57.6 Å². The Morgan fingerprint density at radius 1 is 1.35 bits per heavy atom. The van der Waals surface area contributed by atoms with E-state index >= 15 is 0 Å². The van der Waals surface area contributed by atoms with E-state index in [2.05, 4.69) is 10.6 Å². The predicted octanol–water partition coefficient (Wildman–Crippen LogP) is 3.14. The standard InChI is InChI=1S/C18H28N2O3/c1-3-23-16-9-7-8-15(12-16)14(2)20-17(21)19-13-18(22)10-5-4-6-11-18/h7-9,12,14,22H,3-6,10-11,13H2,1-2H3,(H2,19,20,21). The van der Waals surface area contributed by atoms with Gasteiger partial charge >= 0.3 is 6.03 Å². The maximum absolute atomic E-state index is 12.1. The number of ether oxygens (including phenoxy) is 1. The fraction of sp³-hybridized carbons (Fsp3) is 0.611. The van der Waals surface area contributed by atoms with Crippen LogP contribution < -0.4 is 15.4 Å². The first-order valence-corrected chi connectivity index (χ1v) is 8.52. The molecule has 3 N–H and O–H groups in total. The Bertz CT molecular complexity index is 513. The Labute approximate surface area is 138 Å². The van der Waals surface area contributed by atoms with Crippen LogP contribution in [0, 0.1) is 0 Å². The van der Waals surface area contributed by atoms with E-state index in [-0.39, 0.29) is 12.1 Å². The van der Waals surface area contributed by atoms with E-state index in [9.17, 15) is 9.90 Å². The summed E-state index contributed by atoms with van der Waals surface area (Å²) in [6, 6.07) is 7.33. The van der Waals surface area contributed by atoms with Gasteiger partial charge in [0.05, 0.1) is 18.2 Å². The summed E-state index contributed by atoms with van der Waals surface area (Å²) in [5.74, 6) is 0.801. The zero-order chi connectivity index (χ0) is 16.7. The van der Waals surface area contributed by atoms with Crippen molar-refractivity contribution in [1.82, 2.24) is 10.6 Å². The molecule has 0 heterocycles. The van der Waals surface area contributed by atoms with Crippen LogP contribution in [0.25, 0.3) is 0 Å². The van der Waals surface area contributed by atoms with Crippen LogP contribution >= 0.6 is 0 Å². The van der Waals surface area contributed by atoms with Gasteiger partial charge < -0.3 is 20.5 Å². The molecule has 5 nitrogen and oxygen atoms in total. The van der Waals surface area contributed by atoms with Gasteiger partial charge in [0.2, 0.25) is 0 Å². The molecule has 2 amide bonds. The van der Waals surface area contributed by atoms with Crippen molar-refractivity contribution < 1.29 is 14.6 Å². The minimum Gasteiger partial charge on any atom is -0.494 e. The third-order valence-electron chi connectivity index (χ3n) is 4.38. The van der Waals surface area contributed by atoms with Gasteiger partial charge in [0.25, 0.3) is 0 Å². The number of benzene rings is 1. The van der Waals surface area contributed by atoms with Gasteiger partial charge in [-0.1, -0.05) is 31.4 Å². The summed E-state index contributed by atoms with van der Waals surface area (Å²) in [7, 11) is 0. The van der Waals surface area contributed by atoms with E-state index < -0.39 is 5.60 Å². The number of nitrogens with one attached hydrogen (secondary N) is 2. The zero-order valence-corrected chi connectivity index (χ0v) is 14.1. The number of urea groups is 1. The molecule has 1 aromatic carbocycles. The SMILES string of the molecule is CCOc1cccc(C(C)NC(=O)NCC2(O)CCCCC2)c1. The Morgan fingerprint density at radius 3 is 2.78 bits per heavy atom. The molecule has 1 unspecified atom stereocenters. The van der Waals surface area contributed by atoms with Crippen molar-refractivity contribution in [3.05, 3.63) is 29.8 Å². The predicted molar refractivity (Wildman–Crippen MR) is 90.6 cm³/mol. The molecule has 0 aliphatic heterocycles. The summed E-state index contributed by atoms with van der Waals surface area (Å²) in [6.07, 6.45) is 4.75. The van der Waals surface area contributed by atoms with Crippen LogP contribution in [0.2, 0.25) is 0 Å². The maximum atomic E-state index is 12.1. The molecule has 0 aromatic heterocycles. The topological polar surface area (TPSA) is 70.6 Å². The third-order valence-corrected chi connectivity index (χ3v) is 4.38. The summed E-state index contributed by atoms with van der Waals surface area (Å²) in [6.45, 7) is 4.80. The number of hydrogen-bond acceptors (Lipinski definition) is 3. The lowest BCUT2D eigenvalue weighted by atomic mass is 9.85. The summed E-state index contributed by atoms with van der Waals surface area (Å²) < 4.78 is 5.48. The first-order chi connectivity index (χ1) is 11.0. The number of aliphatic hydroxyl groups is 1. The summed E-state index contributed by atoms with van der Waals surface area (Å²) in [5, 5.41) is 16.1. The highest BCUT2D eigenvalue weighted by molar-refractivity contribution is 5.74. The molecular weight excluding hydrogens is 292 g/mol. The number of rotatable bonds is 6. The monoisotopic (exact) mass is 320 g/mol. The van der Waals surface area contributed by atoms with Crippen molar-refractivity contribution in [1.29, 1.82) is 0 Å². The molecule has 1 atom stereocenters. The second-order valence-electron chi connectivity index (χ2n) is 6.34. The van der Waals surface area contributed by atoms with Crippen LogP contribution in [-0.4, -0.2) is 29.9 Å². The number of hydrogen-bond donors (Lipinski definition) is 3. The average Bonchev–Trinajstić information content (AvgIpc) is 2.54. The van der Waals surface area contributed by atoms with E-state index in [1.165, 1.54) is 6.42 Å². The number of carbonyl (C=O) groups excluding carboxylic acids is 1. The fourth-order valence-electron chi connectivity index (χ4n) is 3.00. The van der Waals surface area contributed by atoms with Gasteiger partial charge in [-0.2, -0.15) is 0 Å². The fourth-order valence-corrected chi connectivity index (χ4v) is 3.00. The quantitative estimate of drug-likeness (QED) is 0.754. The minimum absolute atomic E-state index is 0.128. The first-order valence-electron chi connectivity index (χ1n) is 8.52. The number of amides is 2. The Hall–Kier alpha value is -1.75. The Morgan fingerprint density at radius 2 is 2.09 bits per heavy atom. The summed E-state index contributed by atoms with van der Waals surface area (Å²) >= 11 is 0. The molecular formula is C18H28N2O3. The van der Waals surface area contributed by atoms with Crippen molar-refractivity contribution in [2.75, 3.05) is 13.2 Å². The van der Waals surface area contributed by atoms with Crippen LogP contribution in [0.4, 0.5) is 4.79 Å². The summed E-state index contributed by atoms with van der Waals surface area (Å²) in [4.78, 5) is 12.1. The second kappa shape index (κ2) is 8.20. The van der Waals surface area contributed by atoms with Gasteiger partial charge in [-0.25, -0.2) is 4.79 Å². The highest BCUT2D eigenvalue weighted by Gasteiger charge is 2.29. The van der Waals surface area contributed by atoms with Crippen molar-refractivity contribution >= 4 is 6.03 Å². The van der Waals surface area contributed by atoms with Gasteiger partial charge in [-0.15, -0.1) is 0 Å². The molecule has 0 bridgehead atoms. The first kappa shape index (κ1) is 17.6. The molecule has 0 spiro atoms. The second-order valence-corrected chi connectivity index (χ2v) is 6.34. The van der Waals surface area contributed by atoms with Crippen LogP contribution in [-0.2, 0) is 0 Å². The van der Waals surface area contributed by atoms with Crippen LogP contribution in [0.1, 0.15) is 57.6 Å². The lowest BCUT2D eigenvalue weighted by molar-refractivity contribution is 0.00714. The highest BCUT2D eigenvalue weighted by atomic mass is 16.5. The smallest absolute Gasteiger partial charge is 0.315 e. The molecule has 1 fully saturated rings. The molecule has 1 aromatic rings. The Balaban J connectivity index is 1.83. The van der Waals surface area contributed by atoms with Gasteiger partial charge in [-0.3, -0.25) is 0 Å². The van der Waals surface area contributed by atoms with Crippen LogP contribution in [0.5, 0.6) is 5.75 Å². The van der Waals surface area contributed by atoms with Gasteiger partial charge in [-0.05, 0) is 44.4 Å². The minimum atomic E-state index is -0.742. The van der Waals surface area contributed by atoms with Crippen molar-refractivity contribution in [2.24, 2.45) is 0 Å². The van der Waals surface area contributed by atoms with Crippen LogP contribution in [0.15, 0.2) is 24.3 Å². The molecule has 2 rings (SSSR count). The molecule has 0 radical (unpaired) electrons. The molecule has 0 saturated heterocycles. The average molecular weight is 320 g/mol. The van der Waals surface area contributed by atoms with Crippen molar-refractivity contribution in [3.8, 4) is 5.75 Å². The lowest BCUT2D eigenvalue weighted by Gasteiger charge is -2.32. The zero-order valence-electron chi connectivity index (χ0n) is 14.1. The lowest BCUT2D eigenvalue weighted by Crippen LogP contribution is -2.47. The third kappa shape index (κ3) is 5.43. The van der Waals surface area contributed by atoms with Gasteiger partial charge in [0.1, 0.15) is 5.75 Å². The van der Waals surface area contributed by atoms with Crippen molar-refractivity contribution in [3.63, 3.8) is 0 Å². The van der Waals surface area contributed by atoms with E-state index in [0.29, 0.717) is 13.2 Å².